The molecule has 1 rings (SSSR count). The first-order valence-electron chi connectivity index (χ1n) is 4.54. The van der Waals surface area contributed by atoms with Crippen LogP contribution in [0.3, 0.4) is 0 Å². The summed E-state index contributed by atoms with van der Waals surface area (Å²) in [5.41, 5.74) is -1.64. The van der Waals surface area contributed by atoms with Crippen LogP contribution in [-0.2, 0) is 11.2 Å². The highest BCUT2D eigenvalue weighted by Crippen LogP contribution is 2.38. The van der Waals surface area contributed by atoms with Gasteiger partial charge in [-0.3, -0.25) is 4.79 Å². The second-order valence-electron chi connectivity index (χ2n) is 3.24. The predicted molar refractivity (Wildman–Crippen MR) is 59.9 cm³/mol. The van der Waals surface area contributed by atoms with Gasteiger partial charge < -0.3 is 9.84 Å². The molecule has 1 N–H and O–H groups in total. The van der Waals surface area contributed by atoms with Crippen LogP contribution < -0.4 is 4.74 Å². The van der Waals surface area contributed by atoms with Gasteiger partial charge in [-0.1, -0.05) is 0 Å². The van der Waals surface area contributed by atoms with Gasteiger partial charge in [-0.2, -0.15) is 0 Å². The van der Waals surface area contributed by atoms with Crippen LogP contribution in [0, 0.1) is 3.70 Å². The van der Waals surface area contributed by atoms with Gasteiger partial charge in [-0.25, -0.2) is 13.8 Å². The number of pyridine rings is 1. The van der Waals surface area contributed by atoms with E-state index in [2.05, 4.69) is 9.72 Å². The molecule has 0 aliphatic rings. The Morgan fingerprint density at radius 2 is 2.05 bits per heavy atom. The van der Waals surface area contributed by atoms with Gasteiger partial charge in [0.1, 0.15) is 3.70 Å². The second-order valence-corrected chi connectivity index (χ2v) is 4.26. The summed E-state index contributed by atoms with van der Waals surface area (Å²) >= 11 is 1.29. The van der Waals surface area contributed by atoms with Gasteiger partial charge in [-0.15, -0.1) is 13.2 Å². The number of nitrogens with zero attached hydrogens (tertiary/aromatic N) is 1. The molecule has 1 heterocycles. The molecule has 106 valence electrons. The minimum Gasteiger partial charge on any atom is -0.481 e. The van der Waals surface area contributed by atoms with E-state index in [1.165, 1.54) is 22.6 Å². The lowest BCUT2D eigenvalue weighted by atomic mass is 10.1. The number of aliphatic carboxylic acids is 1. The van der Waals surface area contributed by atoms with Gasteiger partial charge in [0.15, 0.2) is 5.75 Å². The Morgan fingerprint density at radius 1 is 1.47 bits per heavy atom. The zero-order chi connectivity index (χ0) is 14.8. The fourth-order valence-electron chi connectivity index (χ4n) is 1.28. The third-order valence-electron chi connectivity index (χ3n) is 1.89. The zero-order valence-electron chi connectivity index (χ0n) is 8.84. The molecule has 0 aliphatic heterocycles. The van der Waals surface area contributed by atoms with Crippen molar-refractivity contribution in [1.82, 2.24) is 4.98 Å². The van der Waals surface area contributed by atoms with E-state index in [9.17, 15) is 26.7 Å². The number of hydrogen-bond acceptors (Lipinski definition) is 3. The number of halogens is 6. The summed E-state index contributed by atoms with van der Waals surface area (Å²) in [7, 11) is 0. The van der Waals surface area contributed by atoms with Crippen LogP contribution >= 0.6 is 22.6 Å². The molecule has 0 aromatic carbocycles. The van der Waals surface area contributed by atoms with Crippen molar-refractivity contribution in [2.45, 2.75) is 19.2 Å². The van der Waals surface area contributed by atoms with E-state index in [1.54, 1.807) is 0 Å². The summed E-state index contributed by atoms with van der Waals surface area (Å²) < 4.78 is 65.2. The maximum atomic E-state index is 12.8. The number of aromatic nitrogens is 1. The molecule has 0 radical (unpaired) electrons. The Bertz CT molecular complexity index is 491. The van der Waals surface area contributed by atoms with Crippen molar-refractivity contribution in [1.29, 1.82) is 0 Å². The molecular weight excluding hydrogens is 392 g/mol. The van der Waals surface area contributed by atoms with E-state index in [-0.39, 0.29) is 0 Å². The summed E-state index contributed by atoms with van der Waals surface area (Å²) in [5.74, 6) is -2.63. The summed E-state index contributed by atoms with van der Waals surface area (Å²) in [6.45, 7) is 0. The first kappa shape index (κ1) is 15.9. The SMILES string of the molecule is O=C(O)Cc1cnc(I)c(OC(F)(F)F)c1C(F)F. The molecule has 0 saturated heterocycles. The molecule has 0 fully saturated rings. The van der Waals surface area contributed by atoms with Crippen molar-refractivity contribution >= 4 is 28.6 Å². The van der Waals surface area contributed by atoms with Crippen molar-refractivity contribution in [3.05, 3.63) is 21.0 Å². The number of carbonyl (C=O) groups is 1. The normalized spacial score (nSPS) is 11.7. The standard InChI is InChI=1S/C9H5F5INO3/c10-7(11)5-3(1-4(17)18)2-16-8(15)6(5)19-9(12,13)14/h2,7H,1H2,(H,17,18). The Labute approximate surface area is 116 Å². The van der Waals surface area contributed by atoms with Gasteiger partial charge in [0, 0.05) is 6.20 Å². The largest absolute Gasteiger partial charge is 0.573 e. The lowest BCUT2D eigenvalue weighted by Crippen LogP contribution is -2.20. The van der Waals surface area contributed by atoms with Crippen molar-refractivity contribution < 1.29 is 36.6 Å². The molecule has 1 aromatic rings. The third kappa shape index (κ3) is 4.44. The van der Waals surface area contributed by atoms with Crippen molar-refractivity contribution in [2.24, 2.45) is 0 Å². The molecule has 0 saturated carbocycles. The topological polar surface area (TPSA) is 59.4 Å². The quantitative estimate of drug-likeness (QED) is 0.482. The Hall–Kier alpha value is -1.20. The smallest absolute Gasteiger partial charge is 0.481 e. The van der Waals surface area contributed by atoms with Crippen LogP contribution in [0.1, 0.15) is 17.6 Å². The van der Waals surface area contributed by atoms with E-state index in [4.69, 9.17) is 5.11 Å². The van der Waals surface area contributed by atoms with Crippen LogP contribution in [0.5, 0.6) is 5.75 Å². The average Bonchev–Trinajstić information content (AvgIpc) is 2.19. The third-order valence-corrected chi connectivity index (χ3v) is 2.66. The highest BCUT2D eigenvalue weighted by molar-refractivity contribution is 14.1. The molecular formula is C9H5F5INO3. The number of alkyl halides is 5. The lowest BCUT2D eigenvalue weighted by molar-refractivity contribution is -0.275. The first-order chi connectivity index (χ1) is 8.61. The Kier molecular flexibility index (Phi) is 4.87. The Balaban J connectivity index is 3.37. The number of carboxylic acids is 1. The van der Waals surface area contributed by atoms with Crippen LogP contribution in [0.25, 0.3) is 0 Å². The molecule has 0 unspecified atom stereocenters. The van der Waals surface area contributed by atoms with E-state index in [0.29, 0.717) is 0 Å². The maximum Gasteiger partial charge on any atom is 0.573 e. The highest BCUT2D eigenvalue weighted by Gasteiger charge is 2.36. The molecule has 19 heavy (non-hydrogen) atoms. The van der Waals surface area contributed by atoms with Gasteiger partial charge in [0.25, 0.3) is 6.43 Å². The average molecular weight is 397 g/mol. The van der Waals surface area contributed by atoms with E-state index in [1.807, 2.05) is 0 Å². The summed E-state index contributed by atoms with van der Waals surface area (Å²) in [5, 5.41) is 8.53. The van der Waals surface area contributed by atoms with Gasteiger partial charge in [0.2, 0.25) is 0 Å². The molecule has 0 atom stereocenters. The van der Waals surface area contributed by atoms with E-state index >= 15 is 0 Å². The number of carboxylic acid groups (broad SMARTS) is 1. The fraction of sp³-hybridized carbons (Fsp3) is 0.333. The van der Waals surface area contributed by atoms with Crippen LogP contribution in [0.2, 0.25) is 0 Å². The number of hydrogen-bond donors (Lipinski definition) is 1. The first-order valence-corrected chi connectivity index (χ1v) is 5.62. The zero-order valence-corrected chi connectivity index (χ0v) is 11.0. The number of rotatable bonds is 4. The second kappa shape index (κ2) is 5.84. The molecule has 0 amide bonds. The van der Waals surface area contributed by atoms with Crippen molar-refractivity contribution in [3.8, 4) is 5.75 Å². The summed E-state index contributed by atoms with van der Waals surface area (Å²) in [4.78, 5) is 13.9. The molecule has 4 nitrogen and oxygen atoms in total. The molecule has 1 aromatic heterocycles. The minimum absolute atomic E-state index is 0.431. The molecule has 0 aliphatic carbocycles. The Morgan fingerprint density at radius 3 is 2.47 bits per heavy atom. The predicted octanol–water partition coefficient (Wildman–Crippen LogP) is 3.15. The molecule has 10 heteroatoms. The molecule has 0 bridgehead atoms. The monoisotopic (exact) mass is 397 g/mol. The van der Waals surface area contributed by atoms with Gasteiger partial charge in [0.05, 0.1) is 12.0 Å². The maximum absolute atomic E-state index is 12.8. The van der Waals surface area contributed by atoms with Gasteiger partial charge >= 0.3 is 12.3 Å². The highest BCUT2D eigenvalue weighted by atomic mass is 127. The van der Waals surface area contributed by atoms with Crippen molar-refractivity contribution in [2.75, 3.05) is 0 Å². The van der Waals surface area contributed by atoms with Crippen LogP contribution in [-0.4, -0.2) is 22.4 Å². The molecule has 0 spiro atoms. The van der Waals surface area contributed by atoms with Crippen LogP contribution in [0.15, 0.2) is 6.20 Å². The van der Waals surface area contributed by atoms with Gasteiger partial charge in [-0.05, 0) is 28.2 Å². The van der Waals surface area contributed by atoms with Crippen LogP contribution in [0.4, 0.5) is 22.0 Å². The van der Waals surface area contributed by atoms with E-state index < -0.39 is 45.8 Å². The minimum atomic E-state index is -5.17. The summed E-state index contributed by atoms with van der Waals surface area (Å²) in [6.07, 6.45) is -8.57. The number of ether oxygens (including phenoxy) is 1. The lowest BCUT2D eigenvalue weighted by Gasteiger charge is -2.16. The van der Waals surface area contributed by atoms with E-state index in [0.717, 1.165) is 6.20 Å². The summed E-state index contributed by atoms with van der Waals surface area (Å²) in [6, 6.07) is 0. The van der Waals surface area contributed by atoms with Crippen molar-refractivity contribution in [3.63, 3.8) is 0 Å². The fourth-order valence-corrected chi connectivity index (χ4v) is 1.82.